The highest BCUT2D eigenvalue weighted by atomic mass is 16.2. The van der Waals surface area contributed by atoms with Gasteiger partial charge in [0.05, 0.1) is 11.4 Å². The Morgan fingerprint density at radius 1 is 1.32 bits per heavy atom. The van der Waals surface area contributed by atoms with Gasteiger partial charge in [-0.3, -0.25) is 9.89 Å². The number of aromatic amines is 1. The molecule has 0 bridgehead atoms. The first kappa shape index (κ1) is 15.5. The van der Waals surface area contributed by atoms with Crippen molar-refractivity contribution in [2.45, 2.75) is 53.5 Å². The molecule has 1 rings (SSSR count). The van der Waals surface area contributed by atoms with E-state index in [1.165, 1.54) is 0 Å². The second-order valence-corrected chi connectivity index (χ2v) is 6.51. The van der Waals surface area contributed by atoms with E-state index in [0.717, 1.165) is 5.69 Å². The lowest BCUT2D eigenvalue weighted by atomic mass is 9.87. The van der Waals surface area contributed by atoms with Crippen molar-refractivity contribution in [1.82, 2.24) is 15.1 Å². The second kappa shape index (κ2) is 5.23. The second-order valence-electron chi connectivity index (χ2n) is 6.51. The molecule has 0 saturated heterocycles. The van der Waals surface area contributed by atoms with Crippen molar-refractivity contribution in [3.05, 3.63) is 11.4 Å². The van der Waals surface area contributed by atoms with E-state index in [2.05, 4.69) is 31.0 Å². The summed E-state index contributed by atoms with van der Waals surface area (Å²) in [6.07, 6.45) is 0. The molecule has 1 aromatic rings. The molecule has 1 amide bonds. The molecule has 3 N–H and O–H groups in total. The molecule has 0 aliphatic carbocycles. The van der Waals surface area contributed by atoms with Crippen LogP contribution in [0.5, 0.6) is 0 Å². The molecule has 0 fully saturated rings. The number of nitrogens with one attached hydrogen (secondary N) is 1. The largest absolute Gasteiger partial charge is 0.395 e. The molecule has 0 aliphatic heterocycles. The fourth-order valence-electron chi connectivity index (χ4n) is 1.89. The Balaban J connectivity index is 3.02. The van der Waals surface area contributed by atoms with Crippen LogP contribution in [0.15, 0.2) is 0 Å². The average Bonchev–Trinajstić information content (AvgIpc) is 2.67. The fraction of sp³-hybridized carbons (Fsp3) is 0.714. The number of carbonyl (C=O) groups is 1. The van der Waals surface area contributed by atoms with E-state index < -0.39 is 0 Å². The number of aromatic nitrogens is 2. The zero-order valence-corrected chi connectivity index (χ0v) is 13.0. The maximum Gasteiger partial charge on any atom is 0.276 e. The van der Waals surface area contributed by atoms with E-state index in [0.29, 0.717) is 11.4 Å². The van der Waals surface area contributed by atoms with Gasteiger partial charge in [-0.25, -0.2) is 0 Å². The standard InChI is InChI=1S/C14H26N4O/c1-8(2)11-10(15)12(17-16-11)13(19)18(7)9(3)14(4,5)6/h8-9H,15H2,1-7H3,(H,16,17). The predicted octanol–water partition coefficient (Wildman–Crippen LogP) is 2.62. The summed E-state index contributed by atoms with van der Waals surface area (Å²) < 4.78 is 0. The highest BCUT2D eigenvalue weighted by Crippen LogP contribution is 2.27. The van der Waals surface area contributed by atoms with Gasteiger partial charge in [0.15, 0.2) is 5.69 Å². The van der Waals surface area contributed by atoms with Crippen LogP contribution in [0.25, 0.3) is 0 Å². The molecule has 108 valence electrons. The minimum Gasteiger partial charge on any atom is -0.395 e. The summed E-state index contributed by atoms with van der Waals surface area (Å²) in [6, 6.07) is 0.0959. The zero-order chi connectivity index (χ0) is 15.0. The van der Waals surface area contributed by atoms with Crippen molar-refractivity contribution >= 4 is 11.6 Å². The number of hydrogen-bond donors (Lipinski definition) is 2. The van der Waals surface area contributed by atoms with E-state index >= 15 is 0 Å². The fourth-order valence-corrected chi connectivity index (χ4v) is 1.89. The van der Waals surface area contributed by atoms with Gasteiger partial charge in [-0.2, -0.15) is 5.10 Å². The lowest BCUT2D eigenvalue weighted by molar-refractivity contribution is 0.0624. The molecular weight excluding hydrogens is 240 g/mol. The smallest absolute Gasteiger partial charge is 0.276 e. The van der Waals surface area contributed by atoms with Crippen molar-refractivity contribution in [2.75, 3.05) is 12.8 Å². The molecule has 5 nitrogen and oxygen atoms in total. The number of nitrogens with two attached hydrogens (primary N) is 1. The van der Waals surface area contributed by atoms with Gasteiger partial charge in [-0.15, -0.1) is 0 Å². The first-order valence-electron chi connectivity index (χ1n) is 6.68. The summed E-state index contributed by atoms with van der Waals surface area (Å²) in [5.41, 5.74) is 7.63. The SMILES string of the molecule is CC(C)c1[nH]nc(C(=O)N(C)C(C)C(C)(C)C)c1N. The van der Waals surface area contributed by atoms with E-state index in [-0.39, 0.29) is 23.3 Å². The molecule has 19 heavy (non-hydrogen) atoms. The molecule has 0 aromatic carbocycles. The summed E-state index contributed by atoms with van der Waals surface area (Å²) in [6.45, 7) is 12.4. The van der Waals surface area contributed by atoms with E-state index in [9.17, 15) is 4.79 Å². The van der Waals surface area contributed by atoms with Gasteiger partial charge in [0.25, 0.3) is 5.91 Å². The highest BCUT2D eigenvalue weighted by Gasteiger charge is 2.30. The molecular formula is C14H26N4O. The molecule has 0 aliphatic rings. The molecule has 1 unspecified atom stereocenters. The number of nitrogen functional groups attached to an aromatic ring is 1. The van der Waals surface area contributed by atoms with Gasteiger partial charge in [0.1, 0.15) is 0 Å². The summed E-state index contributed by atoms with van der Waals surface area (Å²) in [7, 11) is 1.79. The minimum atomic E-state index is -0.136. The van der Waals surface area contributed by atoms with Gasteiger partial charge in [0, 0.05) is 13.1 Å². The molecule has 0 radical (unpaired) electrons. The minimum absolute atomic E-state index is 0.0103. The molecule has 5 heteroatoms. The van der Waals surface area contributed by atoms with Gasteiger partial charge in [0.2, 0.25) is 0 Å². The highest BCUT2D eigenvalue weighted by molar-refractivity contribution is 5.97. The lowest BCUT2D eigenvalue weighted by Crippen LogP contribution is -2.43. The third-order valence-electron chi connectivity index (χ3n) is 3.77. The quantitative estimate of drug-likeness (QED) is 0.883. The number of anilines is 1. The molecule has 1 heterocycles. The van der Waals surface area contributed by atoms with Crippen LogP contribution in [0.3, 0.4) is 0 Å². The molecule has 0 spiro atoms. The Bertz CT molecular complexity index is 457. The first-order chi connectivity index (χ1) is 8.57. The number of amides is 1. The van der Waals surface area contributed by atoms with Gasteiger partial charge in [-0.1, -0.05) is 34.6 Å². The number of H-pyrrole nitrogens is 1. The van der Waals surface area contributed by atoms with Crippen LogP contribution in [0.2, 0.25) is 0 Å². The maximum atomic E-state index is 12.5. The van der Waals surface area contributed by atoms with Crippen LogP contribution in [-0.4, -0.2) is 34.1 Å². The number of rotatable bonds is 3. The Labute approximate surface area is 115 Å². The predicted molar refractivity (Wildman–Crippen MR) is 78.1 cm³/mol. The van der Waals surface area contributed by atoms with Crippen molar-refractivity contribution in [2.24, 2.45) is 5.41 Å². The molecule has 0 saturated carbocycles. The Morgan fingerprint density at radius 3 is 2.21 bits per heavy atom. The normalized spacial score (nSPS) is 13.7. The topological polar surface area (TPSA) is 75.0 Å². The maximum absolute atomic E-state index is 12.5. The third-order valence-corrected chi connectivity index (χ3v) is 3.77. The van der Waals surface area contributed by atoms with E-state index in [4.69, 9.17) is 5.73 Å². The summed E-state index contributed by atoms with van der Waals surface area (Å²) in [5.74, 6) is 0.0856. The summed E-state index contributed by atoms with van der Waals surface area (Å²) in [4.78, 5) is 14.2. The van der Waals surface area contributed by atoms with Crippen molar-refractivity contribution in [1.29, 1.82) is 0 Å². The Hall–Kier alpha value is -1.52. The van der Waals surface area contributed by atoms with Crippen LogP contribution in [0.1, 0.15) is 63.6 Å². The van der Waals surface area contributed by atoms with Crippen LogP contribution in [0.4, 0.5) is 5.69 Å². The Kier molecular flexibility index (Phi) is 4.28. The van der Waals surface area contributed by atoms with Gasteiger partial charge < -0.3 is 10.6 Å². The average molecular weight is 266 g/mol. The lowest BCUT2D eigenvalue weighted by Gasteiger charge is -2.35. The van der Waals surface area contributed by atoms with E-state index in [1.54, 1.807) is 11.9 Å². The summed E-state index contributed by atoms with van der Waals surface area (Å²) in [5, 5.41) is 6.95. The van der Waals surface area contributed by atoms with Crippen LogP contribution < -0.4 is 5.73 Å². The van der Waals surface area contributed by atoms with Gasteiger partial charge in [-0.05, 0) is 18.3 Å². The number of nitrogens with zero attached hydrogens (tertiary/aromatic N) is 2. The van der Waals surface area contributed by atoms with Crippen LogP contribution in [-0.2, 0) is 0 Å². The Morgan fingerprint density at radius 2 is 1.84 bits per heavy atom. The van der Waals surface area contributed by atoms with Gasteiger partial charge >= 0.3 is 0 Å². The van der Waals surface area contributed by atoms with Crippen molar-refractivity contribution in [3.8, 4) is 0 Å². The first-order valence-corrected chi connectivity index (χ1v) is 6.68. The van der Waals surface area contributed by atoms with E-state index in [1.807, 2.05) is 20.8 Å². The van der Waals surface area contributed by atoms with Crippen molar-refractivity contribution < 1.29 is 4.79 Å². The number of carbonyl (C=O) groups excluding carboxylic acids is 1. The van der Waals surface area contributed by atoms with Crippen LogP contribution in [0, 0.1) is 5.41 Å². The zero-order valence-electron chi connectivity index (χ0n) is 13.0. The number of hydrogen-bond acceptors (Lipinski definition) is 3. The monoisotopic (exact) mass is 266 g/mol. The van der Waals surface area contributed by atoms with Crippen molar-refractivity contribution in [3.63, 3.8) is 0 Å². The third kappa shape index (κ3) is 3.08. The van der Waals surface area contributed by atoms with Crippen LogP contribution >= 0.6 is 0 Å². The molecule has 1 aromatic heterocycles. The molecule has 1 atom stereocenters. The summed E-state index contributed by atoms with van der Waals surface area (Å²) >= 11 is 0.